The van der Waals surface area contributed by atoms with Crippen LogP contribution in [0.15, 0.2) is 41.3 Å². The van der Waals surface area contributed by atoms with Gasteiger partial charge in [0.15, 0.2) is 5.13 Å². The summed E-state index contributed by atoms with van der Waals surface area (Å²) in [5.41, 5.74) is 2.16. The van der Waals surface area contributed by atoms with E-state index < -0.39 is 10.0 Å². The van der Waals surface area contributed by atoms with Gasteiger partial charge in [-0.3, -0.25) is 9.69 Å². The van der Waals surface area contributed by atoms with E-state index in [1.807, 2.05) is 38.1 Å². The molecular weight excluding hydrogens is 555 g/mol. The van der Waals surface area contributed by atoms with Gasteiger partial charge < -0.3 is 9.64 Å². The number of anilines is 1. The van der Waals surface area contributed by atoms with E-state index in [4.69, 9.17) is 21.3 Å². The highest BCUT2D eigenvalue weighted by Crippen LogP contribution is 2.33. The zero-order valence-electron chi connectivity index (χ0n) is 21.3. The monoisotopic (exact) mass is 586 g/mol. The molecule has 0 spiro atoms. The zero-order chi connectivity index (χ0) is 26.0. The number of likely N-dealkylation sites (N-methyl/N-ethyl adjacent to an activating group) is 2. The lowest BCUT2D eigenvalue weighted by Crippen LogP contribution is -2.37. The average molecular weight is 588 g/mol. The number of fused-ring (bicyclic) bond motifs is 1. The second-order valence-electron chi connectivity index (χ2n) is 9.27. The number of ether oxygens (including phenoxy) is 1. The van der Waals surface area contributed by atoms with Crippen molar-refractivity contribution in [3.8, 4) is 0 Å². The van der Waals surface area contributed by atoms with Crippen LogP contribution in [0.4, 0.5) is 5.13 Å². The van der Waals surface area contributed by atoms with Crippen LogP contribution >= 0.6 is 35.3 Å². The third-order valence-electron chi connectivity index (χ3n) is 6.18. The molecule has 1 aliphatic rings. The molecule has 37 heavy (non-hydrogen) atoms. The number of rotatable bonds is 9. The lowest BCUT2D eigenvalue weighted by atomic mass is 10.2. The zero-order valence-corrected chi connectivity index (χ0v) is 24.5. The number of aryl methyl sites for hydroxylation is 1. The Bertz CT molecular complexity index is 1340. The van der Waals surface area contributed by atoms with Gasteiger partial charge in [-0.2, -0.15) is 4.31 Å². The van der Waals surface area contributed by atoms with Crippen molar-refractivity contribution in [2.45, 2.75) is 30.8 Å². The molecule has 1 aromatic heterocycles. The predicted molar refractivity (Wildman–Crippen MR) is 152 cm³/mol. The molecule has 202 valence electrons. The molecule has 0 radical (unpaired) electrons. The van der Waals surface area contributed by atoms with Crippen LogP contribution in [-0.4, -0.2) is 82.0 Å². The number of aromatic nitrogens is 1. The average Bonchev–Trinajstić information content (AvgIpc) is 3.49. The third-order valence-corrected chi connectivity index (χ3v) is 9.26. The molecule has 1 fully saturated rings. The van der Waals surface area contributed by atoms with Gasteiger partial charge in [-0.25, -0.2) is 13.4 Å². The molecule has 0 N–H and O–H groups in total. The smallest absolute Gasteiger partial charge is 0.260 e. The van der Waals surface area contributed by atoms with Crippen LogP contribution in [0.25, 0.3) is 10.2 Å². The van der Waals surface area contributed by atoms with Crippen molar-refractivity contribution in [3.05, 3.63) is 52.5 Å². The first-order chi connectivity index (χ1) is 17.1. The van der Waals surface area contributed by atoms with Gasteiger partial charge in [-0.05, 0) is 75.8 Å². The fraction of sp³-hybridized carbons (Fsp3) is 0.440. The van der Waals surface area contributed by atoms with Crippen LogP contribution in [0.2, 0.25) is 5.02 Å². The maximum absolute atomic E-state index is 13.6. The minimum absolute atomic E-state index is 0. The topological polar surface area (TPSA) is 83.1 Å². The predicted octanol–water partition coefficient (Wildman–Crippen LogP) is 4.69. The summed E-state index contributed by atoms with van der Waals surface area (Å²) in [5, 5.41) is 1.21. The number of sulfonamides is 1. The Morgan fingerprint density at radius 2 is 1.86 bits per heavy atom. The molecule has 0 saturated carbocycles. The SMILES string of the molecule is Cc1cc(Cl)cc2sc(N(CCN(C)C)C(=O)c3ccc(S(=O)(=O)N(C)CC4CCCO4)cc3)nc12.Cl. The molecule has 1 unspecified atom stereocenters. The van der Waals surface area contributed by atoms with E-state index >= 15 is 0 Å². The summed E-state index contributed by atoms with van der Waals surface area (Å²) < 4.78 is 33.9. The van der Waals surface area contributed by atoms with Crippen molar-refractivity contribution in [3.63, 3.8) is 0 Å². The van der Waals surface area contributed by atoms with Gasteiger partial charge in [0.2, 0.25) is 10.0 Å². The summed E-state index contributed by atoms with van der Waals surface area (Å²) >= 11 is 7.64. The quantitative estimate of drug-likeness (QED) is 0.362. The Balaban J connectivity index is 0.00000380. The molecule has 1 saturated heterocycles. The van der Waals surface area contributed by atoms with Crippen molar-refractivity contribution < 1.29 is 17.9 Å². The van der Waals surface area contributed by atoms with E-state index in [0.717, 1.165) is 28.6 Å². The summed E-state index contributed by atoms with van der Waals surface area (Å²) in [5.74, 6) is -0.240. The van der Waals surface area contributed by atoms with E-state index in [1.165, 1.54) is 27.8 Å². The maximum atomic E-state index is 13.6. The van der Waals surface area contributed by atoms with Crippen LogP contribution in [0.1, 0.15) is 28.8 Å². The molecule has 1 amide bonds. The number of halogens is 2. The fourth-order valence-corrected chi connectivity index (χ4v) is 6.77. The number of nitrogens with zero attached hydrogens (tertiary/aromatic N) is 4. The van der Waals surface area contributed by atoms with E-state index in [0.29, 0.717) is 42.0 Å². The molecular formula is C25H32Cl2N4O4S2. The molecule has 12 heteroatoms. The molecule has 3 aromatic rings. The first kappa shape index (κ1) is 29.8. The highest BCUT2D eigenvalue weighted by Gasteiger charge is 2.27. The molecule has 2 heterocycles. The number of carbonyl (C=O) groups is 1. The van der Waals surface area contributed by atoms with Gasteiger partial charge >= 0.3 is 0 Å². The number of carbonyl (C=O) groups excluding carboxylic acids is 1. The number of amides is 1. The van der Waals surface area contributed by atoms with Crippen molar-refractivity contribution in [2.24, 2.45) is 0 Å². The van der Waals surface area contributed by atoms with Crippen LogP contribution in [0, 0.1) is 6.92 Å². The van der Waals surface area contributed by atoms with Gasteiger partial charge in [0.1, 0.15) is 0 Å². The Hall–Kier alpha value is -1.79. The van der Waals surface area contributed by atoms with Gasteiger partial charge in [-0.15, -0.1) is 12.4 Å². The van der Waals surface area contributed by atoms with Gasteiger partial charge in [0.05, 0.1) is 21.2 Å². The maximum Gasteiger partial charge on any atom is 0.260 e. The molecule has 8 nitrogen and oxygen atoms in total. The highest BCUT2D eigenvalue weighted by atomic mass is 35.5. The Morgan fingerprint density at radius 1 is 1.16 bits per heavy atom. The number of hydrogen-bond donors (Lipinski definition) is 0. The van der Waals surface area contributed by atoms with Gasteiger partial charge in [-0.1, -0.05) is 22.9 Å². The van der Waals surface area contributed by atoms with Crippen LogP contribution < -0.4 is 4.90 Å². The lowest BCUT2D eigenvalue weighted by Gasteiger charge is -2.23. The van der Waals surface area contributed by atoms with E-state index in [9.17, 15) is 13.2 Å². The second kappa shape index (κ2) is 12.4. The first-order valence-electron chi connectivity index (χ1n) is 11.8. The number of hydrogen-bond acceptors (Lipinski definition) is 7. The molecule has 1 aliphatic heterocycles. The van der Waals surface area contributed by atoms with Crippen molar-refractivity contribution >= 4 is 66.6 Å². The van der Waals surface area contributed by atoms with Gasteiger partial charge in [0, 0.05) is 43.9 Å². The summed E-state index contributed by atoms with van der Waals surface area (Å²) in [6, 6.07) is 9.81. The fourth-order valence-electron chi connectivity index (χ4n) is 4.12. The summed E-state index contributed by atoms with van der Waals surface area (Å²) in [4.78, 5) is 22.1. The minimum Gasteiger partial charge on any atom is -0.377 e. The summed E-state index contributed by atoms with van der Waals surface area (Å²) in [7, 11) is 1.75. The third kappa shape index (κ3) is 6.81. The lowest BCUT2D eigenvalue weighted by molar-refractivity contribution is 0.0978. The molecule has 2 aromatic carbocycles. The summed E-state index contributed by atoms with van der Waals surface area (Å²) in [6.45, 7) is 3.99. The van der Waals surface area contributed by atoms with E-state index in [-0.39, 0.29) is 29.3 Å². The second-order valence-corrected chi connectivity index (χ2v) is 12.8. The highest BCUT2D eigenvalue weighted by molar-refractivity contribution is 7.89. The van der Waals surface area contributed by atoms with Crippen LogP contribution in [0.5, 0.6) is 0 Å². The standard InChI is InChI=1S/C25H31ClN4O4S2.ClH/c1-17-14-19(26)15-22-23(17)27-25(35-22)30(12-11-28(2)3)24(31)18-7-9-21(10-8-18)36(32,33)29(4)16-20-6-5-13-34-20;/h7-10,14-15,20H,5-6,11-13,16H2,1-4H3;1H. The Morgan fingerprint density at radius 3 is 2.49 bits per heavy atom. The van der Waals surface area contributed by atoms with Crippen LogP contribution in [-0.2, 0) is 14.8 Å². The largest absolute Gasteiger partial charge is 0.377 e. The van der Waals surface area contributed by atoms with Crippen molar-refractivity contribution in [2.75, 3.05) is 52.3 Å². The summed E-state index contributed by atoms with van der Waals surface area (Å²) in [6.07, 6.45) is 1.72. The molecule has 1 atom stereocenters. The number of benzene rings is 2. The molecule has 0 bridgehead atoms. The molecule has 4 rings (SSSR count). The minimum atomic E-state index is -3.69. The number of thiazole rings is 1. The Labute approximate surface area is 233 Å². The van der Waals surface area contributed by atoms with E-state index in [1.54, 1.807) is 24.1 Å². The first-order valence-corrected chi connectivity index (χ1v) is 14.4. The van der Waals surface area contributed by atoms with E-state index in [2.05, 4.69) is 0 Å². The normalized spacial score (nSPS) is 15.9. The molecule has 0 aliphatic carbocycles. The van der Waals surface area contributed by atoms with Crippen molar-refractivity contribution in [1.82, 2.24) is 14.2 Å². The van der Waals surface area contributed by atoms with Gasteiger partial charge in [0.25, 0.3) is 5.91 Å². The Kier molecular flexibility index (Phi) is 9.96. The van der Waals surface area contributed by atoms with Crippen LogP contribution in [0.3, 0.4) is 0 Å². The van der Waals surface area contributed by atoms with Crippen molar-refractivity contribution in [1.29, 1.82) is 0 Å².